The summed E-state index contributed by atoms with van der Waals surface area (Å²) in [5, 5.41) is 12.4. The van der Waals surface area contributed by atoms with Gasteiger partial charge < -0.3 is 15.5 Å². The number of hydrogen-bond acceptors (Lipinski definition) is 5. The van der Waals surface area contributed by atoms with Crippen LogP contribution in [0.25, 0.3) is 12.2 Å². The van der Waals surface area contributed by atoms with Gasteiger partial charge in [-0.3, -0.25) is 20.2 Å². The summed E-state index contributed by atoms with van der Waals surface area (Å²) < 4.78 is 0. The van der Waals surface area contributed by atoms with Crippen molar-refractivity contribution in [1.82, 2.24) is 21.3 Å². The monoisotopic (exact) mass is 579 g/mol. The van der Waals surface area contributed by atoms with Gasteiger partial charge >= 0.3 is 0 Å². The van der Waals surface area contributed by atoms with Crippen LogP contribution in [0.3, 0.4) is 0 Å². The zero-order valence-corrected chi connectivity index (χ0v) is 22.7. The van der Waals surface area contributed by atoms with Crippen LogP contribution >= 0.6 is 47.6 Å². The number of anilines is 2. The Hall–Kier alpha value is -3.76. The molecule has 190 valence electrons. The third kappa shape index (κ3) is 5.87. The van der Waals surface area contributed by atoms with E-state index in [0.717, 1.165) is 28.1 Å². The zero-order chi connectivity index (χ0) is 26.8. The predicted octanol–water partition coefficient (Wildman–Crippen LogP) is 5.02. The smallest absolute Gasteiger partial charge is 0.273 e. The van der Waals surface area contributed by atoms with Crippen LogP contribution in [0.1, 0.15) is 16.7 Å². The van der Waals surface area contributed by atoms with Gasteiger partial charge in [-0.2, -0.15) is 0 Å². The summed E-state index contributed by atoms with van der Waals surface area (Å²) in [5.74, 6) is -0.523. The molecule has 38 heavy (non-hydrogen) atoms. The quantitative estimate of drug-likeness (QED) is 0.241. The van der Waals surface area contributed by atoms with Crippen molar-refractivity contribution < 1.29 is 9.59 Å². The van der Waals surface area contributed by atoms with Crippen LogP contribution in [-0.2, 0) is 16.1 Å². The number of benzene rings is 3. The van der Waals surface area contributed by atoms with Crippen LogP contribution in [0.15, 0.2) is 78.1 Å². The van der Waals surface area contributed by atoms with Crippen molar-refractivity contribution in [3.8, 4) is 0 Å². The van der Waals surface area contributed by atoms with Gasteiger partial charge in [-0.05, 0) is 89.7 Å². The second kappa shape index (κ2) is 10.9. The van der Waals surface area contributed by atoms with Crippen molar-refractivity contribution in [2.45, 2.75) is 6.54 Å². The molecular weight excluding hydrogens is 561 g/mol. The van der Waals surface area contributed by atoms with Crippen LogP contribution in [0.5, 0.6) is 0 Å². The normalized spacial score (nSPS) is 16.9. The first kappa shape index (κ1) is 25.9. The lowest BCUT2D eigenvalue weighted by atomic mass is 10.1. The highest BCUT2D eigenvalue weighted by Gasteiger charge is 2.21. The van der Waals surface area contributed by atoms with Crippen molar-refractivity contribution in [2.24, 2.45) is 0 Å². The van der Waals surface area contributed by atoms with E-state index in [0.29, 0.717) is 28.0 Å². The Balaban J connectivity index is 1.45. The molecule has 2 fully saturated rings. The summed E-state index contributed by atoms with van der Waals surface area (Å²) >= 11 is 22.4. The van der Waals surface area contributed by atoms with Gasteiger partial charge in [0.1, 0.15) is 11.4 Å². The van der Waals surface area contributed by atoms with Crippen molar-refractivity contribution in [3.63, 3.8) is 0 Å². The largest absolute Gasteiger partial charge is 0.337 e. The van der Waals surface area contributed by atoms with Crippen molar-refractivity contribution in [3.05, 3.63) is 105 Å². The zero-order valence-electron chi connectivity index (χ0n) is 19.5. The molecule has 3 aromatic rings. The Morgan fingerprint density at radius 2 is 1.13 bits per heavy atom. The van der Waals surface area contributed by atoms with E-state index in [1.165, 1.54) is 0 Å². The lowest BCUT2D eigenvalue weighted by Crippen LogP contribution is -2.21. The molecule has 0 spiro atoms. The molecule has 0 unspecified atom stereocenters. The molecule has 2 heterocycles. The van der Waals surface area contributed by atoms with Crippen LogP contribution in [0.2, 0.25) is 10.0 Å². The summed E-state index contributed by atoms with van der Waals surface area (Å²) in [4.78, 5) is 26.1. The molecule has 0 radical (unpaired) electrons. The third-order valence-electron chi connectivity index (χ3n) is 5.80. The van der Waals surface area contributed by atoms with Gasteiger partial charge in [0.05, 0.1) is 10.0 Å². The lowest BCUT2D eigenvalue weighted by Gasteiger charge is -2.26. The van der Waals surface area contributed by atoms with Gasteiger partial charge in [-0.25, -0.2) is 0 Å². The summed E-state index contributed by atoms with van der Waals surface area (Å²) in [6.07, 6.45) is 3.48. The van der Waals surface area contributed by atoms with E-state index in [9.17, 15) is 9.59 Å². The number of carbonyl (C=O) groups excluding carboxylic acids is 2. The van der Waals surface area contributed by atoms with E-state index in [-0.39, 0.29) is 22.0 Å². The maximum Gasteiger partial charge on any atom is 0.273 e. The highest BCUT2D eigenvalue weighted by Crippen LogP contribution is 2.31. The third-order valence-corrected chi connectivity index (χ3v) is 6.94. The molecule has 2 aliphatic rings. The average molecular weight is 581 g/mol. The van der Waals surface area contributed by atoms with E-state index in [2.05, 4.69) is 26.2 Å². The first-order valence-corrected chi connectivity index (χ1v) is 12.9. The molecule has 0 aliphatic carbocycles. The fourth-order valence-corrected chi connectivity index (χ4v) is 4.68. The van der Waals surface area contributed by atoms with E-state index < -0.39 is 0 Å². The topological polar surface area (TPSA) is 85.5 Å². The van der Waals surface area contributed by atoms with Crippen LogP contribution < -0.4 is 26.2 Å². The Morgan fingerprint density at radius 3 is 1.53 bits per heavy atom. The van der Waals surface area contributed by atoms with Crippen molar-refractivity contribution in [1.29, 1.82) is 0 Å². The first-order chi connectivity index (χ1) is 18.2. The average Bonchev–Trinajstić information content (AvgIpc) is 3.38. The first-order valence-electron chi connectivity index (χ1n) is 11.3. The summed E-state index contributed by atoms with van der Waals surface area (Å²) in [7, 11) is 0. The van der Waals surface area contributed by atoms with Gasteiger partial charge in [0, 0.05) is 17.9 Å². The maximum absolute atomic E-state index is 12.0. The Labute approximate surface area is 239 Å². The Bertz CT molecular complexity index is 1450. The molecule has 0 saturated carbocycles. The van der Waals surface area contributed by atoms with Gasteiger partial charge in [0.2, 0.25) is 0 Å². The highest BCUT2D eigenvalue weighted by atomic mass is 35.5. The fraction of sp³-hybridized carbons (Fsp3) is 0.0370. The van der Waals surface area contributed by atoms with Crippen LogP contribution in [0, 0.1) is 0 Å². The summed E-state index contributed by atoms with van der Waals surface area (Å²) in [6, 6.07) is 21.1. The molecule has 7 nitrogen and oxygen atoms in total. The predicted molar refractivity (Wildman–Crippen MR) is 159 cm³/mol. The highest BCUT2D eigenvalue weighted by molar-refractivity contribution is 7.80. The molecule has 11 heteroatoms. The number of nitrogens with zero attached hydrogens (tertiary/aromatic N) is 1. The number of halogens is 2. The Kier molecular flexibility index (Phi) is 7.44. The minimum atomic E-state index is -0.262. The molecule has 2 aliphatic heterocycles. The molecule has 5 rings (SSSR count). The number of amides is 2. The molecule has 3 aromatic carbocycles. The van der Waals surface area contributed by atoms with Crippen molar-refractivity contribution >= 4 is 93.2 Å². The summed E-state index contributed by atoms with van der Waals surface area (Å²) in [6.45, 7) is 0.522. The number of nitrogens with one attached hydrogen (secondary N) is 4. The van der Waals surface area contributed by atoms with E-state index in [4.69, 9.17) is 47.6 Å². The lowest BCUT2D eigenvalue weighted by molar-refractivity contribution is -0.116. The van der Waals surface area contributed by atoms with E-state index in [1.807, 2.05) is 60.7 Å². The Morgan fingerprint density at radius 1 is 0.658 bits per heavy atom. The maximum atomic E-state index is 12.0. The van der Waals surface area contributed by atoms with Crippen LogP contribution in [-0.4, -0.2) is 22.0 Å². The van der Waals surface area contributed by atoms with Gasteiger partial charge in [0.25, 0.3) is 11.8 Å². The number of rotatable bonds is 6. The number of thiocarbonyl (C=S) groups is 2. The minimum absolute atomic E-state index is 0.262. The second-order valence-electron chi connectivity index (χ2n) is 8.45. The molecule has 0 aromatic heterocycles. The van der Waals surface area contributed by atoms with Crippen molar-refractivity contribution in [2.75, 3.05) is 4.90 Å². The fourth-order valence-electron chi connectivity index (χ4n) is 3.95. The molecular formula is C27H19Cl2N5O2S2. The molecule has 4 N–H and O–H groups in total. The van der Waals surface area contributed by atoms with Gasteiger partial charge in [-0.1, -0.05) is 53.5 Å². The molecule has 2 amide bonds. The molecule has 2 saturated heterocycles. The van der Waals surface area contributed by atoms with Gasteiger partial charge in [-0.15, -0.1) is 0 Å². The van der Waals surface area contributed by atoms with Crippen LogP contribution in [0.4, 0.5) is 11.4 Å². The SMILES string of the molecule is O=C1NC(=S)N/C1=C\c1ccc(N(Cc2ccc(Cl)c(Cl)c2)c2ccc(/C=C3\NC(=S)NC3=O)cc2)cc1. The standard InChI is InChI=1S/C27H19Cl2N5O2S2/c28-20-10-5-17(11-21(20)29)14-34(18-6-1-15(2-7-18)12-22-24(35)32-26(37)30-22)19-8-3-16(4-9-19)13-23-25(36)33-27(38)31-23/h1-13H,14H2,(H2,30,32,35,37)(H2,31,33,36,38)/b22-12-,23-13-. The summed E-state index contributed by atoms with van der Waals surface area (Å²) in [5.41, 5.74) is 5.28. The number of carbonyl (C=O) groups is 2. The van der Waals surface area contributed by atoms with Gasteiger partial charge in [0.15, 0.2) is 10.2 Å². The molecule has 0 bridgehead atoms. The molecule has 0 atom stereocenters. The van der Waals surface area contributed by atoms with E-state index >= 15 is 0 Å². The second-order valence-corrected chi connectivity index (χ2v) is 10.1. The number of hydrogen-bond donors (Lipinski definition) is 4. The minimum Gasteiger partial charge on any atom is -0.337 e. The van der Waals surface area contributed by atoms with E-state index in [1.54, 1.807) is 18.2 Å².